The van der Waals surface area contributed by atoms with Crippen LogP contribution in [0, 0.1) is 0 Å². The van der Waals surface area contributed by atoms with Crippen molar-refractivity contribution in [2.24, 2.45) is 0 Å². The third kappa shape index (κ3) is 2.57. The van der Waals surface area contributed by atoms with Crippen LogP contribution in [-0.2, 0) is 9.47 Å². The second kappa shape index (κ2) is 6.32. The molecule has 0 atom stereocenters. The van der Waals surface area contributed by atoms with Gasteiger partial charge in [-0.2, -0.15) is 0 Å². The molecule has 0 saturated heterocycles. The molecule has 0 saturated carbocycles. The van der Waals surface area contributed by atoms with Crippen LogP contribution >= 0.6 is 0 Å². The number of fused-ring (bicyclic) bond motifs is 1. The number of nitrogen functional groups attached to an aromatic ring is 1. The molecule has 0 aliphatic carbocycles. The van der Waals surface area contributed by atoms with E-state index in [4.69, 9.17) is 5.73 Å². The van der Waals surface area contributed by atoms with E-state index >= 15 is 0 Å². The lowest BCUT2D eigenvalue weighted by Gasteiger charge is -2.16. The van der Waals surface area contributed by atoms with E-state index in [-0.39, 0.29) is 33.6 Å². The third-order valence-electron chi connectivity index (χ3n) is 3.97. The minimum Gasteiger partial charge on any atom is -0.465 e. The van der Waals surface area contributed by atoms with Crippen LogP contribution in [0.1, 0.15) is 41.4 Å². The number of carbonyl (C=O) groups is 4. The van der Waals surface area contributed by atoms with Crippen LogP contribution in [0.2, 0.25) is 0 Å². The van der Waals surface area contributed by atoms with Crippen molar-refractivity contribution in [1.29, 1.82) is 0 Å². The van der Waals surface area contributed by atoms with Crippen molar-refractivity contribution in [2.75, 3.05) is 24.9 Å². The van der Waals surface area contributed by atoms with Gasteiger partial charge in [0.15, 0.2) is 0 Å². The van der Waals surface area contributed by atoms with Crippen molar-refractivity contribution in [3.8, 4) is 0 Å². The van der Waals surface area contributed by atoms with Crippen molar-refractivity contribution in [3.05, 3.63) is 58.7 Å². The highest BCUT2D eigenvalue weighted by molar-refractivity contribution is 6.36. The molecule has 1 aliphatic rings. The molecule has 0 radical (unpaired) electrons. The van der Waals surface area contributed by atoms with Crippen molar-refractivity contribution >= 4 is 35.1 Å². The molecule has 1 aliphatic heterocycles. The molecule has 0 fully saturated rings. The van der Waals surface area contributed by atoms with Gasteiger partial charge < -0.3 is 15.2 Å². The summed E-state index contributed by atoms with van der Waals surface area (Å²) in [7, 11) is 2.35. The van der Waals surface area contributed by atoms with E-state index < -0.39 is 23.8 Å². The Morgan fingerprint density at radius 1 is 0.923 bits per heavy atom. The molecule has 2 N–H and O–H groups in total. The fourth-order valence-electron chi connectivity index (χ4n) is 2.76. The summed E-state index contributed by atoms with van der Waals surface area (Å²) in [5.74, 6) is -2.70. The molecule has 0 spiro atoms. The summed E-state index contributed by atoms with van der Waals surface area (Å²) < 4.78 is 9.31. The number of carbonyl (C=O) groups excluding carboxylic acids is 4. The van der Waals surface area contributed by atoms with Crippen molar-refractivity contribution in [1.82, 2.24) is 0 Å². The maximum Gasteiger partial charge on any atom is 0.337 e. The van der Waals surface area contributed by atoms with Gasteiger partial charge >= 0.3 is 11.9 Å². The number of nitrogens with two attached hydrogens (primary N) is 1. The first-order valence-corrected chi connectivity index (χ1v) is 7.48. The molecule has 2 aromatic carbocycles. The van der Waals surface area contributed by atoms with E-state index in [1.807, 2.05) is 0 Å². The van der Waals surface area contributed by atoms with Gasteiger partial charge in [-0.05, 0) is 30.3 Å². The lowest BCUT2D eigenvalue weighted by molar-refractivity contribution is 0.0598. The van der Waals surface area contributed by atoms with Gasteiger partial charge in [-0.1, -0.05) is 6.07 Å². The van der Waals surface area contributed by atoms with Crippen LogP contribution in [0.15, 0.2) is 36.4 Å². The number of rotatable bonds is 3. The summed E-state index contributed by atoms with van der Waals surface area (Å²) in [6, 6.07) is 8.39. The fraction of sp³-hybridized carbons (Fsp3) is 0.111. The van der Waals surface area contributed by atoms with Gasteiger partial charge in [0.05, 0.1) is 42.2 Å². The molecule has 0 bridgehead atoms. The summed E-state index contributed by atoms with van der Waals surface area (Å²) >= 11 is 0. The molecule has 26 heavy (non-hydrogen) atoms. The van der Waals surface area contributed by atoms with E-state index in [1.54, 1.807) is 6.07 Å². The normalized spacial score (nSPS) is 12.8. The van der Waals surface area contributed by atoms with Crippen molar-refractivity contribution in [2.45, 2.75) is 0 Å². The monoisotopic (exact) mass is 354 g/mol. The van der Waals surface area contributed by atoms with Gasteiger partial charge in [-0.3, -0.25) is 9.59 Å². The molecule has 0 aromatic heterocycles. The Kier molecular flexibility index (Phi) is 4.17. The van der Waals surface area contributed by atoms with Gasteiger partial charge in [0.2, 0.25) is 0 Å². The Morgan fingerprint density at radius 3 is 2.00 bits per heavy atom. The average Bonchev–Trinajstić information content (AvgIpc) is 2.91. The van der Waals surface area contributed by atoms with E-state index in [0.29, 0.717) is 0 Å². The topological polar surface area (TPSA) is 116 Å². The number of nitrogens with zero attached hydrogens (tertiary/aromatic N) is 1. The maximum absolute atomic E-state index is 12.7. The summed E-state index contributed by atoms with van der Waals surface area (Å²) in [4.78, 5) is 50.1. The molecule has 1 heterocycles. The molecule has 8 heteroatoms. The number of hydrogen-bond acceptors (Lipinski definition) is 7. The van der Waals surface area contributed by atoms with Gasteiger partial charge in [-0.15, -0.1) is 0 Å². The standard InChI is InChI=1S/C18H14N2O6/c1-25-17(23)9-6-10(18(24)26-2)8-11(7-9)20-15(21)12-4-3-5-13(19)14(12)16(20)22/h3-8H,19H2,1-2H3. The quantitative estimate of drug-likeness (QED) is 0.506. The number of methoxy groups -OCH3 is 2. The molecule has 132 valence electrons. The number of anilines is 2. The van der Waals surface area contributed by atoms with Gasteiger partial charge in [-0.25, -0.2) is 14.5 Å². The fourth-order valence-corrected chi connectivity index (χ4v) is 2.76. The number of amides is 2. The van der Waals surface area contributed by atoms with E-state index in [2.05, 4.69) is 9.47 Å². The molecule has 3 rings (SSSR count). The summed E-state index contributed by atoms with van der Waals surface area (Å²) in [6.07, 6.45) is 0. The second-order valence-corrected chi connectivity index (χ2v) is 5.47. The maximum atomic E-state index is 12.7. The Balaban J connectivity index is 2.16. The zero-order chi connectivity index (χ0) is 19.0. The molecule has 2 amide bonds. The predicted molar refractivity (Wildman–Crippen MR) is 91.1 cm³/mol. The SMILES string of the molecule is COC(=O)c1cc(C(=O)OC)cc(N2C(=O)c3cccc(N)c3C2=O)c1. The van der Waals surface area contributed by atoms with Gasteiger partial charge in [0, 0.05) is 5.69 Å². The number of benzene rings is 2. The summed E-state index contributed by atoms with van der Waals surface area (Å²) in [6.45, 7) is 0. The van der Waals surface area contributed by atoms with Gasteiger partial charge in [0.25, 0.3) is 11.8 Å². The van der Waals surface area contributed by atoms with E-state index in [9.17, 15) is 19.2 Å². The van der Waals surface area contributed by atoms with Crippen molar-refractivity contribution < 1.29 is 28.7 Å². The molecule has 8 nitrogen and oxygen atoms in total. The minimum atomic E-state index is -0.729. The van der Waals surface area contributed by atoms with E-state index in [1.165, 1.54) is 44.6 Å². The van der Waals surface area contributed by atoms with Crippen LogP contribution < -0.4 is 10.6 Å². The lowest BCUT2D eigenvalue weighted by Crippen LogP contribution is -2.30. The Labute approximate surface area is 148 Å². The molecular weight excluding hydrogens is 340 g/mol. The largest absolute Gasteiger partial charge is 0.465 e. The molecule has 0 unspecified atom stereocenters. The Hall–Kier alpha value is -3.68. The smallest absolute Gasteiger partial charge is 0.337 e. The first-order chi connectivity index (χ1) is 12.4. The number of esters is 2. The number of hydrogen-bond donors (Lipinski definition) is 1. The average molecular weight is 354 g/mol. The lowest BCUT2D eigenvalue weighted by atomic mass is 10.1. The van der Waals surface area contributed by atoms with Gasteiger partial charge in [0.1, 0.15) is 0 Å². The summed E-state index contributed by atoms with van der Waals surface area (Å²) in [5, 5.41) is 0. The highest BCUT2D eigenvalue weighted by Gasteiger charge is 2.38. The Morgan fingerprint density at radius 2 is 1.50 bits per heavy atom. The third-order valence-corrected chi connectivity index (χ3v) is 3.97. The highest BCUT2D eigenvalue weighted by Crippen LogP contribution is 2.32. The van der Waals surface area contributed by atoms with Crippen LogP contribution in [0.5, 0.6) is 0 Å². The highest BCUT2D eigenvalue weighted by atomic mass is 16.5. The summed E-state index contributed by atoms with van der Waals surface area (Å²) in [5.41, 5.74) is 6.25. The van der Waals surface area contributed by atoms with Crippen molar-refractivity contribution in [3.63, 3.8) is 0 Å². The van der Waals surface area contributed by atoms with Crippen LogP contribution in [0.3, 0.4) is 0 Å². The Bertz CT molecular complexity index is 932. The second-order valence-electron chi connectivity index (χ2n) is 5.47. The predicted octanol–water partition coefficient (Wildman–Crippen LogP) is 1.64. The molecular formula is C18H14N2O6. The van der Waals surface area contributed by atoms with Crippen LogP contribution in [0.25, 0.3) is 0 Å². The minimum absolute atomic E-state index is 0.00470. The first-order valence-electron chi connectivity index (χ1n) is 7.48. The van der Waals surface area contributed by atoms with Crippen LogP contribution in [0.4, 0.5) is 11.4 Å². The van der Waals surface area contributed by atoms with E-state index in [0.717, 1.165) is 4.90 Å². The number of imide groups is 1. The zero-order valence-electron chi connectivity index (χ0n) is 13.9. The van der Waals surface area contributed by atoms with Crippen LogP contribution in [-0.4, -0.2) is 38.0 Å². The number of ether oxygens (including phenoxy) is 2. The first kappa shape index (κ1) is 17.2. The molecule has 2 aromatic rings. The zero-order valence-corrected chi connectivity index (χ0v) is 13.9.